The summed E-state index contributed by atoms with van der Waals surface area (Å²) in [5.74, 6) is 1.24. The lowest BCUT2D eigenvalue weighted by atomic mass is 10.1. The summed E-state index contributed by atoms with van der Waals surface area (Å²) in [6.45, 7) is 1.11. The summed E-state index contributed by atoms with van der Waals surface area (Å²) in [6.07, 6.45) is -4.10. The molecule has 13 heteroatoms. The van der Waals surface area contributed by atoms with Crippen molar-refractivity contribution < 1.29 is 36.9 Å². The number of aryl methyl sites for hydroxylation is 1. The molecule has 0 unspecified atom stereocenters. The first-order valence-corrected chi connectivity index (χ1v) is 12.6. The summed E-state index contributed by atoms with van der Waals surface area (Å²) >= 11 is 0. The summed E-state index contributed by atoms with van der Waals surface area (Å²) in [7, 11) is 4.58. The van der Waals surface area contributed by atoms with Crippen LogP contribution in [0.2, 0.25) is 0 Å². The first kappa shape index (κ1) is 29.3. The molecule has 0 aliphatic rings. The molecular weight excluding hydrogens is 543 g/mol. The number of hydrogen-bond acceptors (Lipinski definition) is 8. The van der Waals surface area contributed by atoms with Crippen molar-refractivity contribution >= 4 is 28.6 Å². The Bertz CT molecular complexity index is 1480. The molecule has 0 atom stereocenters. The second kappa shape index (κ2) is 12.7. The van der Waals surface area contributed by atoms with Gasteiger partial charge in [0.15, 0.2) is 11.5 Å². The highest BCUT2D eigenvalue weighted by Crippen LogP contribution is 2.40. The fourth-order valence-corrected chi connectivity index (χ4v) is 4.21. The second-order valence-corrected chi connectivity index (χ2v) is 8.85. The Morgan fingerprint density at radius 1 is 0.976 bits per heavy atom. The summed E-state index contributed by atoms with van der Waals surface area (Å²) < 4.78 is 59.2. The van der Waals surface area contributed by atoms with Crippen molar-refractivity contribution in [2.75, 3.05) is 33.2 Å². The summed E-state index contributed by atoms with van der Waals surface area (Å²) in [4.78, 5) is 17.7. The average Bonchev–Trinajstić information content (AvgIpc) is 3.29. The molecule has 41 heavy (non-hydrogen) atoms. The quantitative estimate of drug-likeness (QED) is 0.217. The van der Waals surface area contributed by atoms with Gasteiger partial charge in [0.05, 0.1) is 32.4 Å². The number of alkyl halides is 3. The van der Waals surface area contributed by atoms with Crippen LogP contribution >= 0.6 is 0 Å². The molecule has 10 nitrogen and oxygen atoms in total. The predicted octanol–water partition coefficient (Wildman–Crippen LogP) is 4.98. The molecule has 0 bridgehead atoms. The van der Waals surface area contributed by atoms with Gasteiger partial charge < -0.3 is 39.9 Å². The SMILES string of the molecule is COc1cc(Nc2nc3ccc(C(=O)NCc4ccc(OC(F)(F)F)cc4)cc3n2CCCN)cc(OC)c1OC. The lowest BCUT2D eigenvalue weighted by Crippen LogP contribution is -2.22. The number of fused-ring (bicyclic) bond motifs is 1. The third-order valence-corrected chi connectivity index (χ3v) is 6.13. The lowest BCUT2D eigenvalue weighted by molar-refractivity contribution is -0.274. The molecule has 4 aromatic rings. The van der Waals surface area contributed by atoms with E-state index in [-0.39, 0.29) is 18.2 Å². The molecule has 3 aromatic carbocycles. The molecule has 4 N–H and O–H groups in total. The van der Waals surface area contributed by atoms with Crippen molar-refractivity contribution in [2.45, 2.75) is 25.9 Å². The number of nitrogens with one attached hydrogen (secondary N) is 2. The number of methoxy groups -OCH3 is 3. The molecule has 218 valence electrons. The Morgan fingerprint density at radius 3 is 2.24 bits per heavy atom. The number of nitrogens with zero attached hydrogens (tertiary/aromatic N) is 2. The highest BCUT2D eigenvalue weighted by atomic mass is 19.4. The molecule has 0 saturated heterocycles. The smallest absolute Gasteiger partial charge is 0.493 e. The topological polar surface area (TPSA) is 122 Å². The van der Waals surface area contributed by atoms with Gasteiger partial charge in [0.25, 0.3) is 5.91 Å². The van der Waals surface area contributed by atoms with Gasteiger partial charge in [0, 0.05) is 36.5 Å². The number of anilines is 2. The first-order chi connectivity index (χ1) is 19.6. The van der Waals surface area contributed by atoms with E-state index in [4.69, 9.17) is 24.9 Å². The fraction of sp³-hybridized carbons (Fsp3) is 0.286. The first-order valence-electron chi connectivity index (χ1n) is 12.6. The standard InChI is InChI=1S/C28H30F3N5O5/c1-38-23-14-19(15-24(39-2)25(23)40-3)34-27-35-21-10-7-18(13-22(21)36(27)12-4-11-32)26(37)33-16-17-5-8-20(9-6-17)41-28(29,30)31/h5-10,13-15H,4,11-12,16,32H2,1-3H3,(H,33,37)(H,34,35). The van der Waals surface area contributed by atoms with Crippen LogP contribution in [0.3, 0.4) is 0 Å². The number of carbonyl (C=O) groups is 1. The van der Waals surface area contributed by atoms with Crippen LogP contribution in [0.25, 0.3) is 11.0 Å². The molecule has 1 aromatic heterocycles. The van der Waals surface area contributed by atoms with Gasteiger partial charge in [-0.3, -0.25) is 4.79 Å². The Balaban J connectivity index is 1.56. The summed E-state index contributed by atoms with van der Waals surface area (Å²) in [5, 5.41) is 6.09. The van der Waals surface area contributed by atoms with E-state index >= 15 is 0 Å². The number of hydrogen-bond donors (Lipinski definition) is 3. The Hall–Kier alpha value is -4.65. The Morgan fingerprint density at radius 2 is 1.66 bits per heavy atom. The van der Waals surface area contributed by atoms with Gasteiger partial charge in [-0.1, -0.05) is 12.1 Å². The van der Waals surface area contributed by atoms with Crippen molar-refractivity contribution in [1.82, 2.24) is 14.9 Å². The molecule has 0 saturated carbocycles. The van der Waals surface area contributed by atoms with E-state index in [9.17, 15) is 18.0 Å². The van der Waals surface area contributed by atoms with E-state index in [1.807, 2.05) is 4.57 Å². The van der Waals surface area contributed by atoms with Crippen LogP contribution in [0, 0.1) is 0 Å². The maximum absolute atomic E-state index is 13.0. The fourth-order valence-electron chi connectivity index (χ4n) is 4.21. The van der Waals surface area contributed by atoms with Gasteiger partial charge in [-0.2, -0.15) is 0 Å². The summed E-state index contributed by atoms with van der Waals surface area (Å²) in [5.41, 5.74) is 8.81. The third kappa shape index (κ3) is 7.11. The molecule has 0 aliphatic carbocycles. The highest BCUT2D eigenvalue weighted by Gasteiger charge is 2.31. The molecule has 0 aliphatic heterocycles. The van der Waals surface area contributed by atoms with Crippen LogP contribution < -0.4 is 35.3 Å². The number of carbonyl (C=O) groups excluding carboxylic acids is 1. The molecule has 0 spiro atoms. The number of halogens is 3. The molecule has 1 heterocycles. The van der Waals surface area contributed by atoms with Crippen LogP contribution in [0.15, 0.2) is 54.6 Å². The molecule has 0 fully saturated rings. The van der Waals surface area contributed by atoms with E-state index in [2.05, 4.69) is 15.4 Å². The maximum atomic E-state index is 13.0. The second-order valence-electron chi connectivity index (χ2n) is 8.85. The van der Waals surface area contributed by atoms with Crippen LogP contribution in [0.4, 0.5) is 24.8 Å². The van der Waals surface area contributed by atoms with Gasteiger partial charge in [-0.15, -0.1) is 13.2 Å². The van der Waals surface area contributed by atoms with Gasteiger partial charge in [-0.05, 0) is 48.9 Å². The number of ether oxygens (including phenoxy) is 4. The van der Waals surface area contributed by atoms with Gasteiger partial charge in [-0.25, -0.2) is 4.98 Å². The number of amides is 1. The highest BCUT2D eigenvalue weighted by molar-refractivity contribution is 5.97. The lowest BCUT2D eigenvalue weighted by Gasteiger charge is -2.15. The van der Waals surface area contributed by atoms with Crippen molar-refractivity contribution in [1.29, 1.82) is 0 Å². The van der Waals surface area contributed by atoms with Crippen molar-refractivity contribution in [3.05, 3.63) is 65.7 Å². The Labute approximate surface area is 234 Å². The van der Waals surface area contributed by atoms with Crippen molar-refractivity contribution in [2.24, 2.45) is 5.73 Å². The van der Waals surface area contributed by atoms with Crippen molar-refractivity contribution in [3.8, 4) is 23.0 Å². The van der Waals surface area contributed by atoms with Gasteiger partial charge in [0.1, 0.15) is 5.75 Å². The minimum Gasteiger partial charge on any atom is -0.493 e. The largest absolute Gasteiger partial charge is 0.573 e. The van der Waals surface area contributed by atoms with E-state index < -0.39 is 6.36 Å². The zero-order chi connectivity index (χ0) is 29.6. The maximum Gasteiger partial charge on any atom is 0.573 e. The molecule has 4 rings (SSSR count). The zero-order valence-corrected chi connectivity index (χ0v) is 22.7. The third-order valence-electron chi connectivity index (χ3n) is 6.13. The number of nitrogens with two attached hydrogens (primary N) is 1. The van der Waals surface area contributed by atoms with E-state index in [1.54, 1.807) is 30.3 Å². The van der Waals surface area contributed by atoms with Crippen LogP contribution in [0.5, 0.6) is 23.0 Å². The zero-order valence-electron chi connectivity index (χ0n) is 22.7. The van der Waals surface area contributed by atoms with Gasteiger partial charge in [0.2, 0.25) is 11.7 Å². The van der Waals surface area contributed by atoms with Crippen LogP contribution in [0.1, 0.15) is 22.3 Å². The van der Waals surface area contributed by atoms with E-state index in [0.717, 1.165) is 5.52 Å². The normalized spacial score (nSPS) is 11.3. The number of imidazole rings is 1. The average molecular weight is 574 g/mol. The van der Waals surface area contributed by atoms with Gasteiger partial charge >= 0.3 is 6.36 Å². The predicted molar refractivity (Wildman–Crippen MR) is 147 cm³/mol. The number of aromatic nitrogens is 2. The van der Waals surface area contributed by atoms with Crippen LogP contribution in [-0.2, 0) is 13.1 Å². The monoisotopic (exact) mass is 573 g/mol. The minimum atomic E-state index is -4.77. The number of benzene rings is 3. The minimum absolute atomic E-state index is 0.115. The van der Waals surface area contributed by atoms with E-state index in [1.165, 1.54) is 45.6 Å². The number of rotatable bonds is 12. The van der Waals surface area contributed by atoms with E-state index in [0.29, 0.717) is 65.0 Å². The van der Waals surface area contributed by atoms with Crippen molar-refractivity contribution in [3.63, 3.8) is 0 Å². The summed E-state index contributed by atoms with van der Waals surface area (Å²) in [6, 6.07) is 13.9. The Kier molecular flexibility index (Phi) is 9.07. The van der Waals surface area contributed by atoms with Crippen LogP contribution in [-0.4, -0.2) is 49.7 Å². The molecule has 0 radical (unpaired) electrons. The molecular formula is C28H30F3N5O5. The molecule has 1 amide bonds.